The molecule has 2 fully saturated rings. The smallest absolute Gasteiger partial charge is 0.402 e. The Hall–Kier alpha value is -2.37. The summed E-state index contributed by atoms with van der Waals surface area (Å²) >= 11 is 0. The monoisotopic (exact) mass is 513 g/mol. The summed E-state index contributed by atoms with van der Waals surface area (Å²) in [5, 5.41) is 0. The topological polar surface area (TPSA) is 80.8 Å². The van der Waals surface area contributed by atoms with Gasteiger partial charge in [0.2, 0.25) is 10.0 Å². The fourth-order valence-corrected chi connectivity index (χ4v) is 5.88. The van der Waals surface area contributed by atoms with Crippen molar-refractivity contribution in [1.29, 1.82) is 0 Å². The largest absolute Gasteiger partial charge is 0.573 e. The van der Waals surface area contributed by atoms with Crippen LogP contribution in [0.2, 0.25) is 0 Å². The molecule has 2 heterocycles. The number of hydrogen-bond donors (Lipinski definition) is 1. The third-order valence-corrected chi connectivity index (χ3v) is 7.34. The number of ether oxygens (including phenoxy) is 2. The van der Waals surface area contributed by atoms with E-state index in [2.05, 4.69) is 26.6 Å². The first-order valence-corrected chi connectivity index (χ1v) is 13.6. The maximum Gasteiger partial charge on any atom is 0.573 e. The molecule has 2 aliphatic rings. The lowest BCUT2D eigenvalue weighted by Crippen LogP contribution is -2.48. The van der Waals surface area contributed by atoms with Crippen LogP contribution in [0.3, 0.4) is 0 Å². The predicted molar refractivity (Wildman–Crippen MR) is 126 cm³/mol. The third-order valence-electron chi connectivity index (χ3n) is 6.61. The summed E-state index contributed by atoms with van der Waals surface area (Å²) in [5.74, 6) is 0.0756. The first kappa shape index (κ1) is 25.7. The summed E-state index contributed by atoms with van der Waals surface area (Å²) in [5.41, 5.74) is 1.32. The van der Waals surface area contributed by atoms with E-state index in [0.29, 0.717) is 18.9 Å². The first-order valence-electron chi connectivity index (χ1n) is 11.7. The van der Waals surface area contributed by atoms with Gasteiger partial charge in [-0.25, -0.2) is 18.1 Å². The number of nitrogens with zero attached hydrogens (tertiary/aromatic N) is 2. The molecule has 1 aliphatic heterocycles. The molecule has 1 aliphatic carbocycles. The fraction of sp³-hybridized carbons (Fsp3) is 0.542. The van der Waals surface area contributed by atoms with Crippen molar-refractivity contribution >= 4 is 15.8 Å². The number of alkyl halides is 3. The lowest BCUT2D eigenvalue weighted by molar-refractivity contribution is -0.274. The predicted octanol–water partition coefficient (Wildman–Crippen LogP) is 4.22. The van der Waals surface area contributed by atoms with E-state index < -0.39 is 34.2 Å². The molecular weight excluding hydrogens is 483 g/mol. The molecule has 0 radical (unpaired) electrons. The molecule has 2 aromatic rings. The molecule has 4 rings (SSSR count). The Bertz CT molecular complexity index is 1080. The number of anilines is 1. The Morgan fingerprint density at radius 1 is 1.06 bits per heavy atom. The van der Waals surface area contributed by atoms with Gasteiger partial charge in [0.05, 0.1) is 25.0 Å². The van der Waals surface area contributed by atoms with Crippen LogP contribution in [0.1, 0.15) is 43.6 Å². The molecule has 1 saturated carbocycles. The van der Waals surface area contributed by atoms with Gasteiger partial charge in [-0.05, 0) is 55.7 Å². The third kappa shape index (κ3) is 7.08. The minimum absolute atomic E-state index is 0.00549. The van der Waals surface area contributed by atoms with Crippen molar-refractivity contribution in [2.45, 2.75) is 62.6 Å². The number of rotatable bonds is 8. The minimum Gasteiger partial charge on any atom is -0.402 e. The summed E-state index contributed by atoms with van der Waals surface area (Å²) in [7, 11) is -3.53. The van der Waals surface area contributed by atoms with Gasteiger partial charge in [-0.15, -0.1) is 13.2 Å². The van der Waals surface area contributed by atoms with Gasteiger partial charge in [0.1, 0.15) is 0 Å². The summed E-state index contributed by atoms with van der Waals surface area (Å²) in [6.45, 7) is 0.475. The summed E-state index contributed by atoms with van der Waals surface area (Å²) in [6.07, 6.45) is 1.69. The number of pyridine rings is 1. The van der Waals surface area contributed by atoms with Crippen molar-refractivity contribution < 1.29 is 31.1 Å². The van der Waals surface area contributed by atoms with Crippen molar-refractivity contribution in [2.75, 3.05) is 24.3 Å². The van der Waals surface area contributed by atoms with E-state index in [4.69, 9.17) is 4.74 Å². The maximum absolute atomic E-state index is 13.0. The Labute approximate surface area is 203 Å². The summed E-state index contributed by atoms with van der Waals surface area (Å²) in [4.78, 5) is 5.78. The van der Waals surface area contributed by atoms with E-state index in [9.17, 15) is 21.6 Å². The van der Waals surface area contributed by atoms with Crippen LogP contribution < -0.4 is 14.4 Å². The molecule has 7 nitrogen and oxygen atoms in total. The molecule has 1 aromatic heterocycles. The molecule has 1 N–H and O–H groups in total. The van der Waals surface area contributed by atoms with Gasteiger partial charge in [-0.2, -0.15) is 0 Å². The van der Waals surface area contributed by atoms with Crippen molar-refractivity contribution in [2.24, 2.45) is 0 Å². The Morgan fingerprint density at radius 3 is 2.43 bits per heavy atom. The van der Waals surface area contributed by atoms with Crippen LogP contribution in [0.25, 0.3) is 0 Å². The van der Waals surface area contributed by atoms with Crippen LogP contribution in [0.4, 0.5) is 19.0 Å². The van der Waals surface area contributed by atoms with Crippen LogP contribution in [0.5, 0.6) is 5.75 Å². The number of halogens is 3. The second-order valence-corrected chi connectivity index (χ2v) is 10.9. The van der Waals surface area contributed by atoms with Gasteiger partial charge < -0.3 is 14.4 Å². The molecule has 1 saturated heterocycles. The van der Waals surface area contributed by atoms with E-state index in [1.54, 1.807) is 4.90 Å². The SMILES string of the molecule is CS(=O)(=O)N[C@H]1CCN(c2ncccc2OC(F)(F)F)[C@H]1COC1CCC(c2ccccc2)CC1. The van der Waals surface area contributed by atoms with E-state index >= 15 is 0 Å². The van der Waals surface area contributed by atoms with E-state index in [0.717, 1.165) is 31.9 Å². The lowest BCUT2D eigenvalue weighted by Gasteiger charge is -2.33. The number of benzene rings is 1. The Morgan fingerprint density at radius 2 is 1.77 bits per heavy atom. The molecular formula is C24H30F3N3O4S. The highest BCUT2D eigenvalue weighted by atomic mass is 32.2. The molecule has 0 amide bonds. The number of sulfonamides is 1. The standard InChI is InChI=1S/C24H30F3N3O4S/c1-35(31,32)29-20-13-15-30(23-22(8-5-14-28-23)34-24(25,26)27)21(20)16-33-19-11-9-18(10-12-19)17-6-3-2-4-7-17/h2-8,14,18-21,29H,9-13,15-16H2,1H3/t18?,19?,20-,21-/m0/s1. The molecule has 0 bridgehead atoms. The first-order chi connectivity index (χ1) is 16.6. The molecule has 1 aromatic carbocycles. The minimum atomic E-state index is -4.87. The quantitative estimate of drug-likeness (QED) is 0.570. The Kier molecular flexibility index (Phi) is 7.87. The van der Waals surface area contributed by atoms with E-state index in [1.807, 2.05) is 18.2 Å². The van der Waals surface area contributed by atoms with Crippen molar-refractivity contribution in [3.8, 4) is 5.75 Å². The second kappa shape index (κ2) is 10.7. The fourth-order valence-electron chi connectivity index (χ4n) is 5.06. The van der Waals surface area contributed by atoms with Crippen LogP contribution in [0.15, 0.2) is 48.7 Å². The second-order valence-electron chi connectivity index (χ2n) is 9.14. The Balaban J connectivity index is 1.46. The number of hydrogen-bond acceptors (Lipinski definition) is 6. The van der Waals surface area contributed by atoms with Gasteiger partial charge in [0, 0.05) is 18.8 Å². The highest BCUT2D eigenvalue weighted by Crippen LogP contribution is 2.37. The summed E-state index contributed by atoms with van der Waals surface area (Å²) < 4.78 is 75.8. The van der Waals surface area contributed by atoms with Gasteiger partial charge in [0.25, 0.3) is 0 Å². The zero-order valence-corrected chi connectivity index (χ0v) is 20.3. The van der Waals surface area contributed by atoms with Crippen molar-refractivity contribution in [1.82, 2.24) is 9.71 Å². The molecule has 11 heteroatoms. The zero-order chi connectivity index (χ0) is 25.1. The maximum atomic E-state index is 13.0. The summed E-state index contributed by atoms with van der Waals surface area (Å²) in [6, 6.07) is 11.9. The highest BCUT2D eigenvalue weighted by molar-refractivity contribution is 7.88. The molecule has 192 valence electrons. The average molecular weight is 514 g/mol. The lowest BCUT2D eigenvalue weighted by atomic mass is 9.83. The van der Waals surface area contributed by atoms with Gasteiger partial charge >= 0.3 is 6.36 Å². The highest BCUT2D eigenvalue weighted by Gasteiger charge is 2.40. The average Bonchev–Trinajstić information content (AvgIpc) is 3.18. The number of aromatic nitrogens is 1. The molecule has 35 heavy (non-hydrogen) atoms. The normalized spacial score (nSPS) is 25.5. The van der Waals surface area contributed by atoms with Crippen LogP contribution >= 0.6 is 0 Å². The van der Waals surface area contributed by atoms with Gasteiger partial charge in [0.15, 0.2) is 11.6 Å². The number of nitrogens with one attached hydrogen (secondary N) is 1. The molecule has 2 atom stereocenters. The zero-order valence-electron chi connectivity index (χ0n) is 19.4. The van der Waals surface area contributed by atoms with Gasteiger partial charge in [-0.1, -0.05) is 30.3 Å². The van der Waals surface area contributed by atoms with Crippen LogP contribution in [-0.2, 0) is 14.8 Å². The molecule has 0 unspecified atom stereocenters. The van der Waals surface area contributed by atoms with Gasteiger partial charge in [-0.3, -0.25) is 0 Å². The van der Waals surface area contributed by atoms with E-state index in [1.165, 1.54) is 23.9 Å². The van der Waals surface area contributed by atoms with Crippen molar-refractivity contribution in [3.63, 3.8) is 0 Å². The van der Waals surface area contributed by atoms with Crippen LogP contribution in [0, 0.1) is 0 Å². The van der Waals surface area contributed by atoms with Crippen molar-refractivity contribution in [3.05, 3.63) is 54.2 Å². The van der Waals surface area contributed by atoms with E-state index in [-0.39, 0.29) is 18.5 Å². The van der Waals surface area contributed by atoms with Crippen LogP contribution in [-0.4, -0.2) is 57.4 Å². The molecule has 0 spiro atoms.